The Bertz CT molecular complexity index is 484. The lowest BCUT2D eigenvalue weighted by Crippen LogP contribution is -2.14. The Morgan fingerprint density at radius 3 is 2.18 bits per heavy atom. The molecule has 0 spiro atoms. The van der Waals surface area contributed by atoms with Gasteiger partial charge in [-0.1, -0.05) is 23.2 Å². The molecule has 0 amide bonds. The second-order valence-electron chi connectivity index (χ2n) is 2.92. The van der Waals surface area contributed by atoms with Gasteiger partial charge in [-0.2, -0.15) is 0 Å². The summed E-state index contributed by atoms with van der Waals surface area (Å²) in [5.41, 5.74) is 0. The molecule has 0 aliphatic rings. The average molecular weight is 320 g/mol. The lowest BCUT2D eigenvalue weighted by molar-refractivity contribution is 0.163. The van der Waals surface area contributed by atoms with Gasteiger partial charge in [-0.3, -0.25) is 0 Å². The van der Waals surface area contributed by atoms with Crippen LogP contribution in [0.2, 0.25) is 15.6 Å². The normalized spacial score (nSPS) is 11.8. The highest BCUT2D eigenvalue weighted by Gasteiger charge is 2.24. The van der Waals surface area contributed by atoms with Gasteiger partial charge in [0, 0.05) is 6.61 Å². The molecule has 0 atom stereocenters. The van der Waals surface area contributed by atoms with Crippen LogP contribution in [0.1, 0.15) is 6.92 Å². The average Bonchev–Trinajstić information content (AvgIpc) is 2.15. The quantitative estimate of drug-likeness (QED) is 0.473. The molecule has 5 nitrogen and oxygen atoms in total. The molecule has 0 aromatic carbocycles. The number of rotatable bonds is 5. The summed E-state index contributed by atoms with van der Waals surface area (Å²) < 4.78 is 28.7. The highest BCUT2D eigenvalue weighted by atomic mass is 35.5. The molecule has 0 N–H and O–H groups in total. The number of hydrogen-bond acceptors (Lipinski definition) is 5. The van der Waals surface area contributed by atoms with E-state index < -0.39 is 9.84 Å². The lowest BCUT2D eigenvalue weighted by atomic mass is 10.7. The van der Waals surface area contributed by atoms with E-state index in [0.29, 0.717) is 6.61 Å². The second kappa shape index (κ2) is 6.15. The predicted molar refractivity (Wildman–Crippen MR) is 65.6 cm³/mol. The molecule has 1 aromatic heterocycles. The van der Waals surface area contributed by atoms with Crippen molar-refractivity contribution < 1.29 is 13.2 Å². The second-order valence-corrected chi connectivity index (χ2v) is 6.02. The van der Waals surface area contributed by atoms with E-state index in [1.165, 1.54) is 0 Å². The molecular weight excluding hydrogens is 311 g/mol. The van der Waals surface area contributed by atoms with Crippen LogP contribution in [0.15, 0.2) is 4.90 Å². The molecule has 0 radical (unpaired) electrons. The van der Waals surface area contributed by atoms with Crippen LogP contribution < -0.4 is 0 Å². The van der Waals surface area contributed by atoms with E-state index in [1.54, 1.807) is 6.92 Å². The Morgan fingerprint density at radius 2 is 1.71 bits per heavy atom. The summed E-state index contributed by atoms with van der Waals surface area (Å²) >= 11 is 16.9. The van der Waals surface area contributed by atoms with Crippen molar-refractivity contribution in [2.45, 2.75) is 11.8 Å². The van der Waals surface area contributed by atoms with Crippen LogP contribution in [0.25, 0.3) is 0 Å². The smallest absolute Gasteiger partial charge is 0.225 e. The molecule has 1 heterocycles. The maximum absolute atomic E-state index is 11.9. The minimum atomic E-state index is -3.68. The van der Waals surface area contributed by atoms with Crippen molar-refractivity contribution in [1.82, 2.24) is 9.97 Å². The van der Waals surface area contributed by atoms with Crippen molar-refractivity contribution in [3.05, 3.63) is 15.6 Å². The van der Waals surface area contributed by atoms with Crippen LogP contribution >= 0.6 is 34.8 Å². The van der Waals surface area contributed by atoms with Crippen molar-refractivity contribution in [2.75, 3.05) is 19.0 Å². The Labute approximate surface area is 114 Å². The minimum absolute atomic E-state index is 0.0497. The van der Waals surface area contributed by atoms with E-state index in [2.05, 4.69) is 9.97 Å². The number of nitrogens with zero attached hydrogens (tertiary/aromatic N) is 2. The third-order valence-corrected chi connectivity index (χ3v) is 4.42. The summed E-state index contributed by atoms with van der Waals surface area (Å²) in [4.78, 5) is 6.77. The van der Waals surface area contributed by atoms with E-state index in [9.17, 15) is 8.42 Å². The zero-order chi connectivity index (χ0) is 13.1. The van der Waals surface area contributed by atoms with Crippen LogP contribution in [-0.4, -0.2) is 37.4 Å². The maximum Gasteiger partial charge on any atom is 0.225 e. The summed E-state index contributed by atoms with van der Waals surface area (Å²) in [6.07, 6.45) is 0. The minimum Gasteiger partial charge on any atom is -0.381 e. The fraction of sp³-hybridized carbons (Fsp3) is 0.500. The van der Waals surface area contributed by atoms with Gasteiger partial charge in [0.1, 0.15) is 4.90 Å². The van der Waals surface area contributed by atoms with Gasteiger partial charge in [0.25, 0.3) is 0 Å². The van der Waals surface area contributed by atoms with Gasteiger partial charge in [0.05, 0.1) is 12.4 Å². The molecule has 0 fully saturated rings. The Balaban J connectivity index is 3.07. The lowest BCUT2D eigenvalue weighted by Gasteiger charge is -2.07. The predicted octanol–water partition coefficient (Wildman–Crippen LogP) is 2.25. The molecule has 0 aliphatic carbocycles. The van der Waals surface area contributed by atoms with Gasteiger partial charge < -0.3 is 4.74 Å². The van der Waals surface area contributed by atoms with Gasteiger partial charge >= 0.3 is 0 Å². The van der Waals surface area contributed by atoms with Crippen molar-refractivity contribution in [3.63, 3.8) is 0 Å². The van der Waals surface area contributed by atoms with E-state index in [1.807, 2.05) is 0 Å². The Morgan fingerprint density at radius 1 is 1.18 bits per heavy atom. The first-order valence-electron chi connectivity index (χ1n) is 4.57. The molecule has 17 heavy (non-hydrogen) atoms. The zero-order valence-corrected chi connectivity index (χ0v) is 11.9. The van der Waals surface area contributed by atoms with Gasteiger partial charge in [-0.25, -0.2) is 18.4 Å². The molecule has 0 aliphatic heterocycles. The molecule has 0 saturated carbocycles. The van der Waals surface area contributed by atoms with Gasteiger partial charge in [-0.05, 0) is 18.5 Å². The summed E-state index contributed by atoms with van der Waals surface area (Å²) in [6, 6.07) is 0. The molecule has 9 heteroatoms. The first-order chi connectivity index (χ1) is 7.88. The highest BCUT2D eigenvalue weighted by molar-refractivity contribution is 7.91. The SMILES string of the molecule is CCOCCS(=O)(=O)c1c(Cl)nc(Cl)nc1Cl. The molecule has 96 valence electrons. The van der Waals surface area contributed by atoms with Crippen LogP contribution in [-0.2, 0) is 14.6 Å². The largest absolute Gasteiger partial charge is 0.381 e. The fourth-order valence-corrected chi connectivity index (χ4v) is 3.54. The van der Waals surface area contributed by atoms with Crippen molar-refractivity contribution in [3.8, 4) is 0 Å². The standard InChI is InChI=1S/C8H9Cl3N2O3S/c1-2-16-3-4-17(14,15)5-6(9)12-8(11)13-7(5)10/h2-4H2,1H3. The van der Waals surface area contributed by atoms with Crippen LogP contribution in [0.4, 0.5) is 0 Å². The topological polar surface area (TPSA) is 69.2 Å². The van der Waals surface area contributed by atoms with Gasteiger partial charge in [0.2, 0.25) is 5.28 Å². The van der Waals surface area contributed by atoms with Crippen molar-refractivity contribution >= 4 is 44.6 Å². The Kier molecular flexibility index (Phi) is 5.40. The Hall–Kier alpha value is -0.140. The van der Waals surface area contributed by atoms with E-state index in [4.69, 9.17) is 39.5 Å². The summed E-state index contributed by atoms with van der Waals surface area (Å²) in [5, 5.41) is -0.776. The van der Waals surface area contributed by atoms with Crippen LogP contribution in [0.3, 0.4) is 0 Å². The maximum atomic E-state index is 11.9. The number of sulfone groups is 1. The zero-order valence-electron chi connectivity index (χ0n) is 8.78. The molecule has 1 rings (SSSR count). The molecular formula is C8H9Cl3N2O3S. The highest BCUT2D eigenvalue weighted by Crippen LogP contribution is 2.28. The summed E-state index contributed by atoms with van der Waals surface area (Å²) in [6.45, 7) is 2.24. The van der Waals surface area contributed by atoms with Crippen LogP contribution in [0, 0.1) is 0 Å². The molecule has 0 bridgehead atoms. The first kappa shape index (κ1) is 14.9. The first-order valence-corrected chi connectivity index (χ1v) is 7.36. The van der Waals surface area contributed by atoms with Crippen molar-refractivity contribution in [2.24, 2.45) is 0 Å². The molecule has 0 unspecified atom stereocenters. The van der Waals surface area contributed by atoms with E-state index in [-0.39, 0.29) is 32.8 Å². The van der Waals surface area contributed by atoms with E-state index in [0.717, 1.165) is 0 Å². The molecule has 1 aromatic rings. The van der Waals surface area contributed by atoms with E-state index >= 15 is 0 Å². The van der Waals surface area contributed by atoms with Gasteiger partial charge in [0.15, 0.2) is 20.1 Å². The third-order valence-electron chi connectivity index (χ3n) is 1.77. The summed E-state index contributed by atoms with van der Waals surface area (Å²) in [5.74, 6) is -0.245. The third kappa shape index (κ3) is 3.93. The van der Waals surface area contributed by atoms with Gasteiger partial charge in [-0.15, -0.1) is 0 Å². The summed E-state index contributed by atoms with van der Waals surface area (Å²) in [7, 11) is -3.68. The number of aromatic nitrogens is 2. The number of hydrogen-bond donors (Lipinski definition) is 0. The van der Waals surface area contributed by atoms with Crippen LogP contribution in [0.5, 0.6) is 0 Å². The monoisotopic (exact) mass is 318 g/mol. The number of halogens is 3. The molecule has 0 saturated heterocycles. The number of ether oxygens (including phenoxy) is 1. The fourth-order valence-electron chi connectivity index (χ4n) is 1.05. The van der Waals surface area contributed by atoms with Crippen molar-refractivity contribution in [1.29, 1.82) is 0 Å².